The van der Waals surface area contributed by atoms with E-state index in [-0.39, 0.29) is 12.3 Å². The quantitative estimate of drug-likeness (QED) is 0.371. The molecule has 146 valence electrons. The van der Waals surface area contributed by atoms with Crippen molar-refractivity contribution in [2.45, 2.75) is 13.5 Å². The molecular formula is C20H18N6O2S. The minimum atomic E-state index is -0.546. The minimum Gasteiger partial charge on any atom is -0.461 e. The predicted molar refractivity (Wildman–Crippen MR) is 110 cm³/mol. The summed E-state index contributed by atoms with van der Waals surface area (Å²) >= 11 is 5.47. The van der Waals surface area contributed by atoms with Crippen LogP contribution in [-0.2, 0) is 18.3 Å². The van der Waals surface area contributed by atoms with Crippen molar-refractivity contribution in [1.82, 2.24) is 29.5 Å². The summed E-state index contributed by atoms with van der Waals surface area (Å²) in [5, 5.41) is 9.40. The Labute approximate surface area is 171 Å². The number of rotatable bonds is 5. The maximum atomic E-state index is 12.4. The smallest absolute Gasteiger partial charge is 0.360 e. The molecule has 0 aliphatic heterocycles. The number of pyridine rings is 2. The number of nitrogens with zero attached hydrogens (tertiary/aromatic N) is 6. The molecule has 0 spiro atoms. The van der Waals surface area contributed by atoms with Crippen molar-refractivity contribution in [3.63, 3.8) is 0 Å². The zero-order chi connectivity index (χ0) is 20.4. The molecule has 0 unspecified atom stereocenters. The van der Waals surface area contributed by atoms with Crippen molar-refractivity contribution in [1.29, 1.82) is 0 Å². The molecule has 4 aromatic rings. The van der Waals surface area contributed by atoms with Gasteiger partial charge >= 0.3 is 5.97 Å². The number of hydrogen-bond acceptors (Lipinski definition) is 7. The van der Waals surface area contributed by atoms with Crippen LogP contribution in [0.1, 0.15) is 23.0 Å². The average molecular weight is 406 g/mol. The maximum Gasteiger partial charge on any atom is 0.360 e. The van der Waals surface area contributed by atoms with Crippen LogP contribution >= 0.6 is 12.2 Å². The van der Waals surface area contributed by atoms with Crippen molar-refractivity contribution < 1.29 is 9.53 Å². The van der Waals surface area contributed by atoms with Crippen molar-refractivity contribution >= 4 is 29.2 Å². The highest BCUT2D eigenvalue weighted by atomic mass is 32.1. The van der Waals surface area contributed by atoms with Gasteiger partial charge in [-0.05, 0) is 36.2 Å². The highest BCUT2D eigenvalue weighted by Gasteiger charge is 2.18. The lowest BCUT2D eigenvalue weighted by atomic mass is 10.1. The van der Waals surface area contributed by atoms with Gasteiger partial charge in [0.1, 0.15) is 0 Å². The summed E-state index contributed by atoms with van der Waals surface area (Å²) in [4.78, 5) is 21.1. The molecule has 0 bridgehead atoms. The molecule has 8 nitrogen and oxygen atoms in total. The fourth-order valence-corrected chi connectivity index (χ4v) is 3.40. The zero-order valence-corrected chi connectivity index (χ0v) is 16.8. The van der Waals surface area contributed by atoms with E-state index in [0.29, 0.717) is 22.1 Å². The van der Waals surface area contributed by atoms with Crippen LogP contribution < -0.4 is 0 Å². The second-order valence-electron chi connectivity index (χ2n) is 6.37. The summed E-state index contributed by atoms with van der Waals surface area (Å²) in [6, 6.07) is 5.54. The van der Waals surface area contributed by atoms with Gasteiger partial charge in [0.05, 0.1) is 23.9 Å². The Bertz CT molecular complexity index is 1260. The van der Waals surface area contributed by atoms with E-state index >= 15 is 0 Å². The van der Waals surface area contributed by atoms with Gasteiger partial charge in [0.15, 0.2) is 11.3 Å². The van der Waals surface area contributed by atoms with Gasteiger partial charge in [-0.2, -0.15) is 10.2 Å². The number of ether oxygens (including phenoxy) is 1. The molecule has 29 heavy (non-hydrogen) atoms. The summed E-state index contributed by atoms with van der Waals surface area (Å²) < 4.78 is 8.87. The van der Waals surface area contributed by atoms with Crippen molar-refractivity contribution in [3.8, 4) is 11.1 Å². The second kappa shape index (κ2) is 7.88. The average Bonchev–Trinajstić information content (AvgIpc) is 3.17. The number of carbonyl (C=O) groups excluding carboxylic acids is 1. The lowest BCUT2D eigenvalue weighted by molar-refractivity contribution is 0.0516. The molecule has 4 heterocycles. The fourth-order valence-electron chi connectivity index (χ4n) is 3.12. The number of esters is 1. The van der Waals surface area contributed by atoms with Crippen molar-refractivity contribution in [2.75, 3.05) is 6.61 Å². The van der Waals surface area contributed by atoms with Gasteiger partial charge in [-0.3, -0.25) is 9.67 Å². The van der Waals surface area contributed by atoms with Crippen LogP contribution in [0, 0.1) is 4.51 Å². The lowest BCUT2D eigenvalue weighted by Gasteiger charge is -2.13. The first-order valence-electron chi connectivity index (χ1n) is 9.03. The molecule has 0 saturated heterocycles. The number of carbonyl (C=O) groups is 1. The zero-order valence-electron chi connectivity index (χ0n) is 15.9. The SMILES string of the molecule is CCOC(=O)c1nn(Cc2cnccc2-c2cnn(C)c2)c2ncccc2c1=S. The van der Waals surface area contributed by atoms with E-state index in [1.807, 2.05) is 25.4 Å². The first kappa shape index (κ1) is 18.9. The topological polar surface area (TPSA) is 87.7 Å². The van der Waals surface area contributed by atoms with E-state index < -0.39 is 5.97 Å². The van der Waals surface area contributed by atoms with Crippen LogP contribution in [0.25, 0.3) is 22.2 Å². The van der Waals surface area contributed by atoms with Gasteiger partial charge in [-0.1, -0.05) is 12.2 Å². The van der Waals surface area contributed by atoms with Gasteiger partial charge < -0.3 is 4.74 Å². The molecule has 4 aromatic heterocycles. The largest absolute Gasteiger partial charge is 0.461 e. The molecule has 4 rings (SSSR count). The Kier molecular flexibility index (Phi) is 5.13. The minimum absolute atomic E-state index is 0.106. The Balaban J connectivity index is 1.87. The van der Waals surface area contributed by atoms with E-state index in [9.17, 15) is 4.79 Å². The summed E-state index contributed by atoms with van der Waals surface area (Å²) in [7, 11) is 1.87. The summed E-state index contributed by atoms with van der Waals surface area (Å²) in [5.41, 5.74) is 3.55. The first-order valence-corrected chi connectivity index (χ1v) is 9.44. The molecule has 0 aliphatic rings. The third-order valence-electron chi connectivity index (χ3n) is 4.42. The lowest BCUT2D eigenvalue weighted by Crippen LogP contribution is -2.16. The van der Waals surface area contributed by atoms with Crippen molar-refractivity contribution in [2.24, 2.45) is 7.05 Å². The fraction of sp³-hybridized carbons (Fsp3) is 0.200. The molecule has 0 aliphatic carbocycles. The first-order chi connectivity index (χ1) is 14.1. The van der Waals surface area contributed by atoms with Gasteiger partial charge in [0.2, 0.25) is 0 Å². The number of fused-ring (bicyclic) bond motifs is 1. The van der Waals surface area contributed by atoms with Crippen molar-refractivity contribution in [3.05, 3.63) is 65.0 Å². The number of aromatic nitrogens is 6. The Hall–Kier alpha value is -3.46. The number of aryl methyl sites for hydroxylation is 1. The summed E-state index contributed by atoms with van der Waals surface area (Å²) in [6.07, 6.45) is 8.91. The van der Waals surface area contributed by atoms with Crippen LogP contribution in [0.3, 0.4) is 0 Å². The molecule has 0 fully saturated rings. The standard InChI is InChI=1S/C20H18N6O2S/c1-3-28-20(27)17-18(29)16-5-4-7-22-19(16)26(24-17)12-13-9-21-8-6-15(13)14-10-23-25(2)11-14/h4-11H,3,12H2,1-2H3. The molecule has 0 saturated carbocycles. The Morgan fingerprint density at radius 3 is 2.86 bits per heavy atom. The van der Waals surface area contributed by atoms with Gasteiger partial charge in [-0.25, -0.2) is 14.5 Å². The van der Waals surface area contributed by atoms with E-state index in [4.69, 9.17) is 17.0 Å². The summed E-state index contributed by atoms with van der Waals surface area (Å²) in [6.45, 7) is 2.34. The highest BCUT2D eigenvalue weighted by molar-refractivity contribution is 7.71. The van der Waals surface area contributed by atoms with Crippen LogP contribution in [-0.4, -0.2) is 42.1 Å². The predicted octanol–water partition coefficient (Wildman–Crippen LogP) is 3.18. The molecular weight excluding hydrogens is 388 g/mol. The Morgan fingerprint density at radius 2 is 2.10 bits per heavy atom. The molecule has 0 atom stereocenters. The highest BCUT2D eigenvalue weighted by Crippen LogP contribution is 2.24. The van der Waals surface area contributed by atoms with Crippen LogP contribution in [0.4, 0.5) is 0 Å². The van der Waals surface area contributed by atoms with Gasteiger partial charge in [-0.15, -0.1) is 0 Å². The van der Waals surface area contributed by atoms with Crippen LogP contribution in [0.15, 0.2) is 49.2 Å². The van der Waals surface area contributed by atoms with Crippen LogP contribution in [0.2, 0.25) is 0 Å². The molecule has 0 amide bonds. The van der Waals surface area contributed by atoms with Gasteiger partial charge in [0, 0.05) is 42.8 Å². The number of hydrogen-bond donors (Lipinski definition) is 0. The third-order valence-corrected chi connectivity index (χ3v) is 4.83. The van der Waals surface area contributed by atoms with E-state index in [2.05, 4.69) is 20.2 Å². The van der Waals surface area contributed by atoms with Gasteiger partial charge in [0.25, 0.3) is 0 Å². The van der Waals surface area contributed by atoms with E-state index in [1.165, 1.54) is 0 Å². The molecule has 9 heteroatoms. The third kappa shape index (κ3) is 3.64. The second-order valence-corrected chi connectivity index (χ2v) is 6.77. The van der Waals surface area contributed by atoms with E-state index in [0.717, 1.165) is 16.7 Å². The van der Waals surface area contributed by atoms with Crippen LogP contribution in [0.5, 0.6) is 0 Å². The molecule has 0 N–H and O–H groups in total. The van der Waals surface area contributed by atoms with E-state index in [1.54, 1.807) is 47.1 Å². The maximum absolute atomic E-state index is 12.4. The molecule has 0 radical (unpaired) electrons. The molecule has 0 aromatic carbocycles. The monoisotopic (exact) mass is 406 g/mol. The normalized spacial score (nSPS) is 11.0. The Morgan fingerprint density at radius 1 is 1.24 bits per heavy atom. The summed E-state index contributed by atoms with van der Waals surface area (Å²) in [5.74, 6) is -0.546.